The lowest BCUT2D eigenvalue weighted by Crippen LogP contribution is -2.47. The van der Waals surface area contributed by atoms with Gasteiger partial charge in [-0.3, -0.25) is 19.3 Å². The molecule has 222 valence electrons. The molecule has 7 rings (SSSR count). The van der Waals surface area contributed by atoms with E-state index in [-0.39, 0.29) is 23.7 Å². The van der Waals surface area contributed by atoms with Gasteiger partial charge in [0.1, 0.15) is 6.04 Å². The Labute approximate surface area is 252 Å². The maximum absolute atomic E-state index is 14.2. The summed E-state index contributed by atoms with van der Waals surface area (Å²) >= 11 is 0. The molecule has 7 nitrogen and oxygen atoms in total. The van der Waals surface area contributed by atoms with Crippen molar-refractivity contribution in [1.29, 1.82) is 0 Å². The van der Waals surface area contributed by atoms with Crippen LogP contribution in [0.3, 0.4) is 0 Å². The van der Waals surface area contributed by atoms with Gasteiger partial charge in [0.15, 0.2) is 6.61 Å². The van der Waals surface area contributed by atoms with E-state index < -0.39 is 36.4 Å². The number of carbonyl (C=O) groups excluding carboxylic acids is 4. The van der Waals surface area contributed by atoms with Crippen LogP contribution in [0, 0.1) is 11.8 Å². The molecule has 1 saturated heterocycles. The van der Waals surface area contributed by atoms with Gasteiger partial charge in [0.25, 0.3) is 5.91 Å². The van der Waals surface area contributed by atoms with E-state index in [1.54, 1.807) is 0 Å². The molecular formula is C36H38N2O5. The number of anilines is 1. The van der Waals surface area contributed by atoms with E-state index in [0.29, 0.717) is 12.8 Å². The van der Waals surface area contributed by atoms with E-state index in [9.17, 15) is 19.2 Å². The number of amides is 3. The minimum Gasteiger partial charge on any atom is -0.454 e. The van der Waals surface area contributed by atoms with E-state index in [1.165, 1.54) is 4.90 Å². The van der Waals surface area contributed by atoms with Crippen molar-refractivity contribution in [2.45, 2.75) is 70.8 Å². The van der Waals surface area contributed by atoms with E-state index in [4.69, 9.17) is 4.74 Å². The Bertz CT molecular complexity index is 1460. The van der Waals surface area contributed by atoms with Crippen molar-refractivity contribution in [3.63, 3.8) is 0 Å². The van der Waals surface area contributed by atoms with Gasteiger partial charge in [-0.1, -0.05) is 100 Å². The van der Waals surface area contributed by atoms with Gasteiger partial charge >= 0.3 is 5.97 Å². The first-order valence-electron chi connectivity index (χ1n) is 15.5. The molecule has 1 heterocycles. The molecule has 1 aliphatic heterocycles. The molecule has 0 saturated carbocycles. The van der Waals surface area contributed by atoms with Gasteiger partial charge in [-0.25, -0.2) is 4.79 Å². The molecule has 7 heteroatoms. The Morgan fingerprint density at radius 2 is 1.26 bits per heavy atom. The number of hydrogen-bond donors (Lipinski definition) is 1. The summed E-state index contributed by atoms with van der Waals surface area (Å²) in [6, 6.07) is 21.0. The lowest BCUT2D eigenvalue weighted by Gasteiger charge is -2.45. The number of benzene rings is 3. The van der Waals surface area contributed by atoms with Crippen LogP contribution >= 0.6 is 0 Å². The fraction of sp³-hybridized carbons (Fsp3) is 0.389. The highest BCUT2D eigenvalue weighted by Crippen LogP contribution is 2.61. The number of likely N-dealkylation sites (tertiary alicyclic amines) is 1. The fourth-order valence-electron chi connectivity index (χ4n) is 7.57. The second-order valence-corrected chi connectivity index (χ2v) is 11.8. The van der Waals surface area contributed by atoms with Crippen molar-refractivity contribution in [1.82, 2.24) is 4.90 Å². The smallest absolute Gasteiger partial charge is 0.329 e. The summed E-state index contributed by atoms with van der Waals surface area (Å²) in [5.41, 5.74) is 7.09. The van der Waals surface area contributed by atoms with E-state index >= 15 is 0 Å². The average Bonchev–Trinajstić information content (AvgIpc) is 3.30. The maximum Gasteiger partial charge on any atom is 0.329 e. The van der Waals surface area contributed by atoms with Gasteiger partial charge < -0.3 is 10.1 Å². The molecule has 0 radical (unpaired) electrons. The van der Waals surface area contributed by atoms with Crippen LogP contribution in [-0.4, -0.2) is 41.2 Å². The highest BCUT2D eigenvalue weighted by atomic mass is 16.5. The van der Waals surface area contributed by atoms with Crippen LogP contribution < -0.4 is 5.32 Å². The van der Waals surface area contributed by atoms with Crippen LogP contribution in [-0.2, 0) is 36.8 Å². The summed E-state index contributed by atoms with van der Waals surface area (Å²) in [6.07, 6.45) is 3.21. The summed E-state index contributed by atoms with van der Waals surface area (Å²) in [4.78, 5) is 56.2. The second-order valence-electron chi connectivity index (χ2n) is 11.8. The minimum atomic E-state index is -1.07. The average molecular weight is 579 g/mol. The molecule has 1 N–H and O–H groups in total. The molecule has 2 bridgehead atoms. The van der Waals surface area contributed by atoms with E-state index in [0.717, 1.165) is 58.3 Å². The number of esters is 1. The minimum absolute atomic E-state index is 0.246. The molecule has 4 aliphatic rings. The standard InChI is InChI=1S/C36H38N2O5/c1-4-7-19-27(36(42)43-20-28(39)37-33-21(5-2)13-12-14-22(33)6-3)38-34(40)31-29-23-15-8-9-16-24(23)30(32(31)35(38)41)26-18-11-10-17-25(26)29/h8-18,27,29-32H,4-7,19-20H2,1-3H3,(H,37,39)/t27-,29?,30?,31-,32-/m1/s1. The highest BCUT2D eigenvalue weighted by molar-refractivity contribution is 6.10. The number of unbranched alkanes of at least 4 members (excludes halogenated alkanes) is 1. The van der Waals surface area contributed by atoms with Crippen molar-refractivity contribution >= 4 is 29.4 Å². The maximum atomic E-state index is 14.2. The van der Waals surface area contributed by atoms with Crippen molar-refractivity contribution < 1.29 is 23.9 Å². The lowest BCUT2D eigenvalue weighted by atomic mass is 9.55. The number of carbonyl (C=O) groups is 4. The Hall–Kier alpha value is -4.26. The monoisotopic (exact) mass is 578 g/mol. The zero-order valence-electron chi connectivity index (χ0n) is 25.0. The molecule has 3 aromatic carbocycles. The van der Waals surface area contributed by atoms with Crippen molar-refractivity contribution in [3.8, 4) is 0 Å². The number of nitrogens with zero attached hydrogens (tertiary/aromatic N) is 1. The first-order chi connectivity index (χ1) is 20.9. The molecule has 3 amide bonds. The normalized spacial score (nSPS) is 22.1. The fourth-order valence-corrected chi connectivity index (χ4v) is 7.57. The molecule has 1 fully saturated rings. The Kier molecular flexibility index (Phi) is 7.91. The van der Waals surface area contributed by atoms with Crippen LogP contribution in [0.2, 0.25) is 0 Å². The largest absolute Gasteiger partial charge is 0.454 e. The summed E-state index contributed by atoms with van der Waals surface area (Å²) in [6.45, 7) is 5.54. The van der Waals surface area contributed by atoms with Crippen LogP contribution in [0.15, 0.2) is 66.7 Å². The topological polar surface area (TPSA) is 92.8 Å². The van der Waals surface area contributed by atoms with Gasteiger partial charge in [0, 0.05) is 17.5 Å². The molecule has 3 atom stereocenters. The number of ether oxygens (including phenoxy) is 1. The van der Waals surface area contributed by atoms with Crippen LogP contribution in [0.5, 0.6) is 0 Å². The molecule has 0 unspecified atom stereocenters. The van der Waals surface area contributed by atoms with Gasteiger partial charge in [-0.15, -0.1) is 0 Å². The first-order valence-corrected chi connectivity index (χ1v) is 15.5. The van der Waals surface area contributed by atoms with Crippen molar-refractivity contribution in [2.75, 3.05) is 11.9 Å². The number of nitrogens with one attached hydrogen (secondary N) is 1. The zero-order chi connectivity index (χ0) is 30.2. The van der Waals surface area contributed by atoms with Crippen LogP contribution in [0.1, 0.15) is 85.3 Å². The van der Waals surface area contributed by atoms with Gasteiger partial charge in [-0.2, -0.15) is 0 Å². The highest BCUT2D eigenvalue weighted by Gasteiger charge is 2.63. The summed E-state index contributed by atoms with van der Waals surface area (Å²) in [5, 5.41) is 2.92. The Morgan fingerprint density at radius 1 is 0.767 bits per heavy atom. The van der Waals surface area contributed by atoms with Crippen LogP contribution in [0.25, 0.3) is 0 Å². The van der Waals surface area contributed by atoms with Crippen molar-refractivity contribution in [2.24, 2.45) is 11.8 Å². The van der Waals surface area contributed by atoms with E-state index in [2.05, 4.69) is 29.6 Å². The molecule has 43 heavy (non-hydrogen) atoms. The van der Waals surface area contributed by atoms with Crippen molar-refractivity contribution in [3.05, 3.63) is 100 Å². The number of imide groups is 1. The lowest BCUT2D eigenvalue weighted by molar-refractivity contribution is -0.160. The van der Waals surface area contributed by atoms with Gasteiger partial charge in [-0.05, 0) is 52.6 Å². The summed E-state index contributed by atoms with van der Waals surface area (Å²) < 4.78 is 5.54. The molecule has 0 aromatic heterocycles. The Morgan fingerprint density at radius 3 is 1.70 bits per heavy atom. The van der Waals surface area contributed by atoms with Gasteiger partial charge in [0.2, 0.25) is 11.8 Å². The SMILES string of the molecule is CCCC[C@H](C(=O)OCC(=O)Nc1c(CC)cccc1CC)N1C(=O)[C@@H]2C3c4ccccc4C(c4ccccc43)[C@H]2C1=O. The summed E-state index contributed by atoms with van der Waals surface area (Å²) in [7, 11) is 0. The van der Waals surface area contributed by atoms with E-state index in [1.807, 2.05) is 63.2 Å². The third kappa shape index (κ3) is 4.75. The summed E-state index contributed by atoms with van der Waals surface area (Å²) in [5.74, 6) is -3.43. The number of para-hydroxylation sites is 1. The number of rotatable bonds is 10. The molecule has 0 spiro atoms. The third-order valence-corrected chi connectivity index (χ3v) is 9.51. The predicted octanol–water partition coefficient (Wildman–Crippen LogP) is 5.74. The first kappa shape index (κ1) is 28.8. The van der Waals surface area contributed by atoms with Gasteiger partial charge in [0.05, 0.1) is 11.8 Å². The third-order valence-electron chi connectivity index (χ3n) is 9.51. The van der Waals surface area contributed by atoms with Crippen LogP contribution in [0.4, 0.5) is 5.69 Å². The molecular weight excluding hydrogens is 540 g/mol. The Balaban J connectivity index is 1.25. The number of hydrogen-bond acceptors (Lipinski definition) is 5. The molecule has 3 aromatic rings. The predicted molar refractivity (Wildman–Crippen MR) is 164 cm³/mol. The molecule has 3 aliphatic carbocycles. The second kappa shape index (κ2) is 11.8. The quantitative estimate of drug-likeness (QED) is 0.245. The zero-order valence-corrected chi connectivity index (χ0v) is 25.0. The number of aryl methyl sites for hydroxylation is 2.